The molecule has 5 heteroatoms. The smallest absolute Gasteiger partial charge is 0.151 e. The van der Waals surface area contributed by atoms with Gasteiger partial charge in [-0.3, -0.25) is 0 Å². The molecule has 1 aromatic carbocycles. The van der Waals surface area contributed by atoms with Crippen LogP contribution in [0, 0.1) is 11.3 Å². The molecule has 23 heavy (non-hydrogen) atoms. The van der Waals surface area contributed by atoms with E-state index in [4.69, 9.17) is 9.72 Å². The maximum absolute atomic E-state index is 9.76. The molecule has 0 amide bonds. The lowest BCUT2D eigenvalue weighted by Crippen LogP contribution is -2.50. The third-order valence-corrected chi connectivity index (χ3v) is 4.16. The SMILES string of the molecule is CCCOc1c(C#N)c(N2CCNCC2C)nc2ccccc12. The number of hydrogen-bond donors (Lipinski definition) is 1. The van der Waals surface area contributed by atoms with E-state index in [1.165, 1.54) is 0 Å². The summed E-state index contributed by atoms with van der Waals surface area (Å²) in [6.07, 6.45) is 0.904. The van der Waals surface area contributed by atoms with E-state index in [0.717, 1.165) is 42.8 Å². The highest BCUT2D eigenvalue weighted by Gasteiger charge is 2.25. The van der Waals surface area contributed by atoms with Crippen LogP contribution in [0.4, 0.5) is 5.82 Å². The highest BCUT2D eigenvalue weighted by atomic mass is 16.5. The predicted molar refractivity (Wildman–Crippen MR) is 91.9 cm³/mol. The van der Waals surface area contributed by atoms with Crippen molar-refractivity contribution < 1.29 is 4.74 Å². The number of para-hydroxylation sites is 1. The summed E-state index contributed by atoms with van der Waals surface area (Å²) >= 11 is 0. The third kappa shape index (κ3) is 2.95. The molecule has 0 radical (unpaired) electrons. The van der Waals surface area contributed by atoms with Gasteiger partial charge in [0.25, 0.3) is 0 Å². The molecule has 2 aromatic rings. The van der Waals surface area contributed by atoms with Crippen LogP contribution >= 0.6 is 0 Å². The third-order valence-electron chi connectivity index (χ3n) is 4.16. The van der Waals surface area contributed by atoms with E-state index < -0.39 is 0 Å². The molecule has 1 N–H and O–H groups in total. The fourth-order valence-electron chi connectivity index (χ4n) is 2.99. The first-order valence-corrected chi connectivity index (χ1v) is 8.19. The summed E-state index contributed by atoms with van der Waals surface area (Å²) in [5.74, 6) is 1.41. The van der Waals surface area contributed by atoms with Crippen molar-refractivity contribution in [3.63, 3.8) is 0 Å². The Morgan fingerprint density at radius 3 is 3.00 bits per heavy atom. The van der Waals surface area contributed by atoms with Gasteiger partial charge in [0.05, 0.1) is 12.1 Å². The zero-order valence-electron chi connectivity index (χ0n) is 13.7. The number of fused-ring (bicyclic) bond motifs is 1. The van der Waals surface area contributed by atoms with Crippen molar-refractivity contribution in [1.29, 1.82) is 5.26 Å². The van der Waals surface area contributed by atoms with Crippen molar-refractivity contribution in [2.24, 2.45) is 0 Å². The second-order valence-corrected chi connectivity index (χ2v) is 5.86. The number of anilines is 1. The largest absolute Gasteiger partial charge is 0.491 e. The molecule has 0 bridgehead atoms. The topological polar surface area (TPSA) is 61.2 Å². The fourth-order valence-corrected chi connectivity index (χ4v) is 2.99. The molecule has 1 atom stereocenters. The van der Waals surface area contributed by atoms with Crippen molar-refractivity contribution in [2.45, 2.75) is 26.3 Å². The van der Waals surface area contributed by atoms with Crippen molar-refractivity contribution in [3.8, 4) is 11.8 Å². The molecule has 0 spiro atoms. The summed E-state index contributed by atoms with van der Waals surface area (Å²) in [6.45, 7) is 7.44. The predicted octanol–water partition coefficient (Wildman–Crippen LogP) is 2.69. The molecule has 2 heterocycles. The standard InChI is InChI=1S/C18H22N4O/c1-3-10-23-17-14-6-4-5-7-16(14)21-18(15(17)11-19)22-9-8-20-12-13(22)2/h4-7,13,20H,3,8-10,12H2,1-2H3. The van der Waals surface area contributed by atoms with Gasteiger partial charge in [-0.25, -0.2) is 4.98 Å². The van der Waals surface area contributed by atoms with Crippen molar-refractivity contribution in [1.82, 2.24) is 10.3 Å². The van der Waals surface area contributed by atoms with Gasteiger partial charge < -0.3 is 15.0 Å². The van der Waals surface area contributed by atoms with E-state index in [-0.39, 0.29) is 0 Å². The summed E-state index contributed by atoms with van der Waals surface area (Å²) < 4.78 is 5.95. The van der Waals surface area contributed by atoms with Crippen LogP contribution in [0.5, 0.6) is 5.75 Å². The number of piperazine rings is 1. The Labute approximate surface area is 136 Å². The Balaban J connectivity index is 2.18. The van der Waals surface area contributed by atoms with Crippen LogP contribution in [0.1, 0.15) is 25.8 Å². The fraction of sp³-hybridized carbons (Fsp3) is 0.444. The first-order chi connectivity index (χ1) is 11.3. The number of ether oxygens (including phenoxy) is 1. The highest BCUT2D eigenvalue weighted by Crippen LogP contribution is 2.35. The quantitative estimate of drug-likeness (QED) is 0.941. The molecular weight excluding hydrogens is 288 g/mol. The summed E-state index contributed by atoms with van der Waals surface area (Å²) in [6, 6.07) is 10.5. The minimum Gasteiger partial charge on any atom is -0.491 e. The number of nitrogens with one attached hydrogen (secondary N) is 1. The maximum Gasteiger partial charge on any atom is 0.151 e. The average Bonchev–Trinajstić information content (AvgIpc) is 2.59. The molecule has 1 aromatic heterocycles. The molecule has 1 saturated heterocycles. The average molecular weight is 310 g/mol. The van der Waals surface area contributed by atoms with Crippen LogP contribution in [0.25, 0.3) is 10.9 Å². The number of rotatable bonds is 4. The Hall–Kier alpha value is -2.32. The molecule has 1 fully saturated rings. The number of hydrogen-bond acceptors (Lipinski definition) is 5. The molecular formula is C18H22N4O. The van der Waals surface area contributed by atoms with Crippen LogP contribution in [0.2, 0.25) is 0 Å². The van der Waals surface area contributed by atoms with Crippen molar-refractivity contribution in [3.05, 3.63) is 29.8 Å². The van der Waals surface area contributed by atoms with Gasteiger partial charge in [0.1, 0.15) is 17.4 Å². The second kappa shape index (κ2) is 6.84. The molecule has 1 aliphatic heterocycles. The molecule has 5 nitrogen and oxygen atoms in total. The van der Waals surface area contributed by atoms with Gasteiger partial charge in [0.2, 0.25) is 0 Å². The zero-order chi connectivity index (χ0) is 16.2. The summed E-state index contributed by atoms with van der Waals surface area (Å²) in [5, 5.41) is 14.0. The van der Waals surface area contributed by atoms with Crippen LogP contribution in [0.15, 0.2) is 24.3 Å². The van der Waals surface area contributed by atoms with Crippen molar-refractivity contribution in [2.75, 3.05) is 31.1 Å². The van der Waals surface area contributed by atoms with Crippen LogP contribution in [-0.4, -0.2) is 37.3 Å². The number of aromatic nitrogens is 1. The molecule has 1 unspecified atom stereocenters. The number of benzene rings is 1. The first-order valence-electron chi connectivity index (χ1n) is 8.19. The van der Waals surface area contributed by atoms with Gasteiger partial charge >= 0.3 is 0 Å². The molecule has 3 rings (SSSR count). The molecule has 0 saturated carbocycles. The first kappa shape index (κ1) is 15.6. The van der Waals surface area contributed by atoms with Gasteiger partial charge in [0, 0.05) is 31.1 Å². The number of pyridine rings is 1. The summed E-state index contributed by atoms with van der Waals surface area (Å²) in [7, 11) is 0. The van der Waals surface area contributed by atoms with E-state index >= 15 is 0 Å². The summed E-state index contributed by atoms with van der Waals surface area (Å²) in [4.78, 5) is 6.99. The van der Waals surface area contributed by atoms with E-state index in [1.54, 1.807) is 0 Å². The van der Waals surface area contributed by atoms with Gasteiger partial charge in [0.15, 0.2) is 5.82 Å². The van der Waals surface area contributed by atoms with E-state index in [9.17, 15) is 5.26 Å². The number of nitriles is 1. The second-order valence-electron chi connectivity index (χ2n) is 5.86. The lowest BCUT2D eigenvalue weighted by atomic mass is 10.1. The van der Waals surface area contributed by atoms with Crippen molar-refractivity contribution >= 4 is 16.7 Å². The summed E-state index contributed by atoms with van der Waals surface area (Å²) in [5.41, 5.74) is 1.42. The number of nitrogens with zero attached hydrogens (tertiary/aromatic N) is 3. The Bertz CT molecular complexity index is 738. The molecule has 1 aliphatic rings. The van der Waals surface area contributed by atoms with E-state index in [1.807, 2.05) is 24.3 Å². The zero-order valence-corrected chi connectivity index (χ0v) is 13.7. The molecule has 120 valence electrons. The van der Waals surface area contributed by atoms with Gasteiger partial charge in [-0.1, -0.05) is 19.1 Å². The van der Waals surface area contributed by atoms with E-state index in [0.29, 0.717) is 24.0 Å². The Morgan fingerprint density at radius 2 is 2.26 bits per heavy atom. The molecule has 0 aliphatic carbocycles. The Kier molecular flexibility index (Phi) is 4.63. The van der Waals surface area contributed by atoms with Crippen LogP contribution in [-0.2, 0) is 0 Å². The van der Waals surface area contributed by atoms with Gasteiger partial charge in [-0.15, -0.1) is 0 Å². The minimum atomic E-state index is 0.295. The van der Waals surface area contributed by atoms with Gasteiger partial charge in [-0.05, 0) is 25.5 Å². The van der Waals surface area contributed by atoms with Crippen LogP contribution < -0.4 is 15.0 Å². The highest BCUT2D eigenvalue weighted by molar-refractivity contribution is 5.90. The van der Waals surface area contributed by atoms with Crippen LogP contribution in [0.3, 0.4) is 0 Å². The minimum absolute atomic E-state index is 0.295. The van der Waals surface area contributed by atoms with Gasteiger partial charge in [-0.2, -0.15) is 5.26 Å². The maximum atomic E-state index is 9.76. The normalized spacial score (nSPS) is 18.0. The monoisotopic (exact) mass is 310 g/mol. The lowest BCUT2D eigenvalue weighted by molar-refractivity contribution is 0.320. The lowest BCUT2D eigenvalue weighted by Gasteiger charge is -2.35. The Morgan fingerprint density at radius 1 is 1.43 bits per heavy atom. The van der Waals surface area contributed by atoms with E-state index in [2.05, 4.69) is 30.1 Å².